The molecule has 0 radical (unpaired) electrons. The molecule has 1 unspecified atom stereocenters. The summed E-state index contributed by atoms with van der Waals surface area (Å²) in [5.41, 5.74) is 1.02. The maximum atomic E-state index is 12.1. The summed E-state index contributed by atoms with van der Waals surface area (Å²) in [5, 5.41) is 7.32. The highest BCUT2D eigenvalue weighted by Crippen LogP contribution is 2.18. The van der Waals surface area contributed by atoms with Gasteiger partial charge in [0, 0.05) is 17.9 Å². The topological polar surface area (TPSA) is 46.9 Å². The SMILES string of the molecule is Cc1ccnn1C(C)C(=O)NC1CCCCC1. The van der Waals surface area contributed by atoms with Crippen LogP contribution in [-0.2, 0) is 4.79 Å². The second-order valence-electron chi connectivity index (χ2n) is 4.94. The fourth-order valence-corrected chi connectivity index (χ4v) is 2.47. The Bertz CT molecular complexity index is 380. The van der Waals surface area contributed by atoms with Crippen molar-refractivity contribution in [1.82, 2.24) is 15.1 Å². The smallest absolute Gasteiger partial charge is 0.244 e. The zero-order valence-corrected chi connectivity index (χ0v) is 10.6. The molecule has 1 aromatic heterocycles. The molecule has 0 saturated heterocycles. The van der Waals surface area contributed by atoms with Crippen molar-refractivity contribution in [2.24, 2.45) is 0 Å². The standard InChI is InChI=1S/C13H21N3O/c1-10-8-9-14-16(10)11(2)13(17)15-12-6-4-3-5-7-12/h8-9,11-12H,3-7H2,1-2H3,(H,15,17). The van der Waals surface area contributed by atoms with Gasteiger partial charge in [0.25, 0.3) is 0 Å². The van der Waals surface area contributed by atoms with Crippen LogP contribution in [0.1, 0.15) is 50.8 Å². The first-order valence-corrected chi connectivity index (χ1v) is 6.49. The first-order valence-electron chi connectivity index (χ1n) is 6.49. The minimum atomic E-state index is -0.216. The summed E-state index contributed by atoms with van der Waals surface area (Å²) in [5.74, 6) is 0.0868. The molecule has 17 heavy (non-hydrogen) atoms. The minimum absolute atomic E-state index is 0.0868. The third kappa shape index (κ3) is 2.87. The number of amides is 1. The van der Waals surface area contributed by atoms with E-state index in [1.807, 2.05) is 19.9 Å². The maximum absolute atomic E-state index is 12.1. The second kappa shape index (κ2) is 5.34. The highest BCUT2D eigenvalue weighted by Gasteiger charge is 2.21. The van der Waals surface area contributed by atoms with Gasteiger partial charge in [0.15, 0.2) is 0 Å². The molecular weight excluding hydrogens is 214 g/mol. The highest BCUT2D eigenvalue weighted by atomic mass is 16.2. The van der Waals surface area contributed by atoms with Gasteiger partial charge in [-0.3, -0.25) is 9.48 Å². The van der Waals surface area contributed by atoms with Gasteiger partial charge in [-0.05, 0) is 32.8 Å². The predicted molar refractivity (Wildman–Crippen MR) is 66.7 cm³/mol. The average Bonchev–Trinajstić information content (AvgIpc) is 2.76. The van der Waals surface area contributed by atoms with E-state index in [-0.39, 0.29) is 11.9 Å². The van der Waals surface area contributed by atoms with E-state index in [2.05, 4.69) is 10.4 Å². The summed E-state index contributed by atoms with van der Waals surface area (Å²) in [6.45, 7) is 3.87. The van der Waals surface area contributed by atoms with Crippen molar-refractivity contribution in [2.45, 2.75) is 58.0 Å². The van der Waals surface area contributed by atoms with E-state index in [0.717, 1.165) is 18.5 Å². The Morgan fingerprint density at radius 1 is 1.47 bits per heavy atom. The van der Waals surface area contributed by atoms with Crippen LogP contribution in [0.25, 0.3) is 0 Å². The Kier molecular flexibility index (Phi) is 3.82. The molecule has 0 bridgehead atoms. The van der Waals surface area contributed by atoms with Gasteiger partial charge in [-0.1, -0.05) is 19.3 Å². The van der Waals surface area contributed by atoms with Crippen molar-refractivity contribution in [2.75, 3.05) is 0 Å². The predicted octanol–water partition coefficient (Wildman–Crippen LogP) is 2.20. The third-order valence-electron chi connectivity index (χ3n) is 3.57. The van der Waals surface area contributed by atoms with Gasteiger partial charge in [0.2, 0.25) is 5.91 Å². The highest BCUT2D eigenvalue weighted by molar-refractivity contribution is 5.80. The first kappa shape index (κ1) is 12.1. The molecule has 0 aliphatic heterocycles. The van der Waals surface area contributed by atoms with Gasteiger partial charge in [-0.15, -0.1) is 0 Å². The molecule has 4 nitrogen and oxygen atoms in total. The van der Waals surface area contributed by atoms with Crippen molar-refractivity contribution in [3.05, 3.63) is 18.0 Å². The summed E-state index contributed by atoms with van der Waals surface area (Å²) < 4.78 is 1.78. The molecular formula is C13H21N3O. The lowest BCUT2D eigenvalue weighted by molar-refractivity contribution is -0.125. The Labute approximate surface area is 102 Å². The average molecular weight is 235 g/mol. The van der Waals surface area contributed by atoms with Crippen molar-refractivity contribution in [3.63, 3.8) is 0 Å². The molecule has 0 spiro atoms. The number of carbonyl (C=O) groups is 1. The van der Waals surface area contributed by atoms with E-state index in [9.17, 15) is 4.79 Å². The summed E-state index contributed by atoms with van der Waals surface area (Å²) in [7, 11) is 0. The molecule has 1 aliphatic carbocycles. The van der Waals surface area contributed by atoms with E-state index in [1.165, 1.54) is 19.3 Å². The van der Waals surface area contributed by atoms with Gasteiger partial charge < -0.3 is 5.32 Å². The van der Waals surface area contributed by atoms with Crippen LogP contribution in [0.3, 0.4) is 0 Å². The molecule has 1 aromatic rings. The first-order chi connectivity index (χ1) is 8.18. The lowest BCUT2D eigenvalue weighted by atomic mass is 9.95. The van der Waals surface area contributed by atoms with E-state index < -0.39 is 0 Å². The Balaban J connectivity index is 1.93. The number of hydrogen-bond acceptors (Lipinski definition) is 2. The summed E-state index contributed by atoms with van der Waals surface area (Å²) in [6, 6.07) is 2.08. The van der Waals surface area contributed by atoms with Crippen LogP contribution in [0.4, 0.5) is 0 Å². The fourth-order valence-electron chi connectivity index (χ4n) is 2.47. The number of carbonyl (C=O) groups excluding carboxylic acids is 1. The van der Waals surface area contributed by atoms with Gasteiger partial charge in [-0.2, -0.15) is 5.10 Å². The molecule has 4 heteroatoms. The lowest BCUT2D eigenvalue weighted by Gasteiger charge is -2.24. The fraction of sp³-hybridized carbons (Fsp3) is 0.692. The largest absolute Gasteiger partial charge is 0.352 e. The normalized spacial score (nSPS) is 18.9. The monoisotopic (exact) mass is 235 g/mol. The third-order valence-corrected chi connectivity index (χ3v) is 3.57. The van der Waals surface area contributed by atoms with Crippen molar-refractivity contribution in [1.29, 1.82) is 0 Å². The molecule has 1 fully saturated rings. The van der Waals surface area contributed by atoms with Gasteiger partial charge in [0.05, 0.1) is 0 Å². The summed E-state index contributed by atoms with van der Waals surface area (Å²) >= 11 is 0. The van der Waals surface area contributed by atoms with Crippen LogP contribution in [0.5, 0.6) is 0 Å². The second-order valence-corrected chi connectivity index (χ2v) is 4.94. The molecule has 94 valence electrons. The van der Waals surface area contributed by atoms with Gasteiger partial charge in [0.1, 0.15) is 6.04 Å². The molecule has 1 N–H and O–H groups in total. The zero-order chi connectivity index (χ0) is 12.3. The number of nitrogens with one attached hydrogen (secondary N) is 1. The Morgan fingerprint density at radius 3 is 2.76 bits per heavy atom. The van der Waals surface area contributed by atoms with Gasteiger partial charge in [-0.25, -0.2) is 0 Å². The Morgan fingerprint density at radius 2 is 2.18 bits per heavy atom. The van der Waals surface area contributed by atoms with Crippen molar-refractivity contribution >= 4 is 5.91 Å². The minimum Gasteiger partial charge on any atom is -0.352 e. The molecule has 1 aliphatic rings. The Hall–Kier alpha value is -1.32. The van der Waals surface area contributed by atoms with E-state index in [1.54, 1.807) is 10.9 Å². The van der Waals surface area contributed by atoms with Crippen molar-refractivity contribution in [3.8, 4) is 0 Å². The van der Waals surface area contributed by atoms with E-state index in [0.29, 0.717) is 6.04 Å². The van der Waals surface area contributed by atoms with Crippen LogP contribution in [0, 0.1) is 6.92 Å². The number of nitrogens with zero attached hydrogens (tertiary/aromatic N) is 2. The zero-order valence-electron chi connectivity index (χ0n) is 10.6. The number of hydrogen-bond donors (Lipinski definition) is 1. The number of rotatable bonds is 3. The van der Waals surface area contributed by atoms with Crippen LogP contribution < -0.4 is 5.32 Å². The van der Waals surface area contributed by atoms with Crippen LogP contribution in [-0.4, -0.2) is 21.7 Å². The van der Waals surface area contributed by atoms with Crippen LogP contribution in [0.15, 0.2) is 12.3 Å². The molecule has 0 aromatic carbocycles. The van der Waals surface area contributed by atoms with Crippen LogP contribution >= 0.6 is 0 Å². The van der Waals surface area contributed by atoms with Crippen LogP contribution in [0.2, 0.25) is 0 Å². The summed E-state index contributed by atoms with van der Waals surface area (Å²) in [6.07, 6.45) is 7.76. The summed E-state index contributed by atoms with van der Waals surface area (Å²) in [4.78, 5) is 12.1. The molecule has 1 heterocycles. The lowest BCUT2D eigenvalue weighted by Crippen LogP contribution is -2.40. The number of aromatic nitrogens is 2. The molecule has 1 amide bonds. The quantitative estimate of drug-likeness (QED) is 0.873. The van der Waals surface area contributed by atoms with Gasteiger partial charge >= 0.3 is 0 Å². The number of aryl methyl sites for hydroxylation is 1. The maximum Gasteiger partial charge on any atom is 0.244 e. The van der Waals surface area contributed by atoms with Crippen molar-refractivity contribution < 1.29 is 4.79 Å². The van der Waals surface area contributed by atoms with E-state index >= 15 is 0 Å². The molecule has 2 rings (SSSR count). The molecule has 1 saturated carbocycles. The molecule has 1 atom stereocenters. The van der Waals surface area contributed by atoms with E-state index in [4.69, 9.17) is 0 Å².